The minimum Gasteiger partial charge on any atom is -0.481 e. The lowest BCUT2D eigenvalue weighted by Gasteiger charge is -1.95. The lowest BCUT2D eigenvalue weighted by atomic mass is 10.1. The van der Waals surface area contributed by atoms with E-state index in [0.29, 0.717) is 21.0 Å². The number of furan rings is 1. The van der Waals surface area contributed by atoms with Crippen LogP contribution in [0, 0.1) is 5.82 Å². The average molecular weight is 273 g/mol. The lowest BCUT2D eigenvalue weighted by molar-refractivity contribution is -0.136. The molecule has 0 radical (unpaired) electrons. The van der Waals surface area contributed by atoms with E-state index < -0.39 is 11.8 Å². The summed E-state index contributed by atoms with van der Waals surface area (Å²) in [5.74, 6) is -1.38. The first kappa shape index (κ1) is 10.2. The zero-order valence-electron chi connectivity index (χ0n) is 7.46. The van der Waals surface area contributed by atoms with Crippen molar-refractivity contribution in [2.75, 3.05) is 0 Å². The van der Waals surface area contributed by atoms with Gasteiger partial charge in [-0.15, -0.1) is 0 Å². The highest BCUT2D eigenvalue weighted by Crippen LogP contribution is 2.27. The molecule has 0 spiro atoms. The maximum Gasteiger partial charge on any atom is 0.307 e. The molecule has 15 heavy (non-hydrogen) atoms. The van der Waals surface area contributed by atoms with Crippen LogP contribution < -0.4 is 0 Å². The fourth-order valence-corrected chi connectivity index (χ4v) is 1.72. The van der Waals surface area contributed by atoms with Gasteiger partial charge in [-0.05, 0) is 22.0 Å². The molecular formula is C10H6BrFO3. The Bertz CT molecular complexity index is 533. The highest BCUT2D eigenvalue weighted by Gasteiger charge is 2.12. The van der Waals surface area contributed by atoms with Crippen LogP contribution in [0.4, 0.5) is 4.39 Å². The monoisotopic (exact) mass is 272 g/mol. The molecule has 0 aliphatic carbocycles. The second-order valence-corrected chi connectivity index (χ2v) is 3.95. The number of benzene rings is 1. The number of rotatable bonds is 2. The van der Waals surface area contributed by atoms with E-state index >= 15 is 0 Å². The van der Waals surface area contributed by atoms with Crippen molar-refractivity contribution in [2.24, 2.45) is 0 Å². The van der Waals surface area contributed by atoms with Gasteiger partial charge in [0.2, 0.25) is 0 Å². The summed E-state index contributed by atoms with van der Waals surface area (Å²) in [5, 5.41) is 9.26. The van der Waals surface area contributed by atoms with E-state index in [9.17, 15) is 9.18 Å². The predicted octanol–water partition coefficient (Wildman–Crippen LogP) is 2.96. The molecule has 0 aliphatic rings. The summed E-state index contributed by atoms with van der Waals surface area (Å²) < 4.78 is 18.5. The first-order valence-electron chi connectivity index (χ1n) is 4.15. The Labute approximate surface area is 92.6 Å². The number of carbonyl (C=O) groups is 1. The smallest absolute Gasteiger partial charge is 0.307 e. The summed E-state index contributed by atoms with van der Waals surface area (Å²) in [4.78, 5) is 10.5. The fraction of sp³-hybridized carbons (Fsp3) is 0.100. The summed E-state index contributed by atoms with van der Waals surface area (Å²) in [6.45, 7) is 0. The standard InChI is InChI=1S/C10H6BrFO3/c11-7-2-6-5(1-10(13)14)4-15-9(6)3-8(7)12/h2-4H,1H2,(H,13,14). The van der Waals surface area contributed by atoms with Crippen molar-refractivity contribution in [2.45, 2.75) is 6.42 Å². The van der Waals surface area contributed by atoms with Crippen LogP contribution in [0.2, 0.25) is 0 Å². The summed E-state index contributed by atoms with van der Waals surface area (Å²) in [6, 6.07) is 2.75. The van der Waals surface area contributed by atoms with E-state index in [4.69, 9.17) is 9.52 Å². The molecule has 0 saturated carbocycles. The van der Waals surface area contributed by atoms with Gasteiger partial charge in [-0.3, -0.25) is 4.79 Å². The second kappa shape index (κ2) is 3.66. The van der Waals surface area contributed by atoms with Crippen molar-refractivity contribution in [1.82, 2.24) is 0 Å². The van der Waals surface area contributed by atoms with Gasteiger partial charge in [0.15, 0.2) is 0 Å². The summed E-state index contributed by atoms with van der Waals surface area (Å²) in [7, 11) is 0. The van der Waals surface area contributed by atoms with Gasteiger partial charge in [0.1, 0.15) is 11.4 Å². The molecule has 1 aromatic carbocycles. The Morgan fingerprint density at radius 1 is 1.53 bits per heavy atom. The van der Waals surface area contributed by atoms with Crippen LogP contribution in [0.1, 0.15) is 5.56 Å². The van der Waals surface area contributed by atoms with Crippen LogP contribution in [-0.4, -0.2) is 11.1 Å². The first-order chi connectivity index (χ1) is 7.08. The molecule has 1 N–H and O–H groups in total. The molecule has 2 aromatic rings. The molecular weight excluding hydrogens is 267 g/mol. The molecule has 78 valence electrons. The third kappa shape index (κ3) is 1.87. The molecule has 3 nitrogen and oxygen atoms in total. The van der Waals surface area contributed by atoms with Crippen molar-refractivity contribution in [3.8, 4) is 0 Å². The first-order valence-corrected chi connectivity index (χ1v) is 4.94. The molecule has 1 heterocycles. The molecule has 1 aromatic heterocycles. The number of carboxylic acid groups (broad SMARTS) is 1. The van der Waals surface area contributed by atoms with E-state index in [0.717, 1.165) is 0 Å². The second-order valence-electron chi connectivity index (χ2n) is 3.09. The Morgan fingerprint density at radius 2 is 2.27 bits per heavy atom. The van der Waals surface area contributed by atoms with Gasteiger partial charge in [-0.2, -0.15) is 0 Å². The maximum atomic E-state index is 13.1. The molecule has 5 heteroatoms. The van der Waals surface area contributed by atoms with Gasteiger partial charge >= 0.3 is 5.97 Å². The topological polar surface area (TPSA) is 50.4 Å². The Balaban J connectivity index is 2.59. The van der Waals surface area contributed by atoms with Crippen LogP contribution in [0.25, 0.3) is 11.0 Å². The van der Waals surface area contributed by atoms with Crippen molar-refractivity contribution in [3.05, 3.63) is 34.2 Å². The largest absolute Gasteiger partial charge is 0.481 e. The van der Waals surface area contributed by atoms with E-state index in [1.54, 1.807) is 0 Å². The van der Waals surface area contributed by atoms with Crippen LogP contribution in [0.5, 0.6) is 0 Å². The van der Waals surface area contributed by atoms with Gasteiger partial charge < -0.3 is 9.52 Å². The molecule has 0 atom stereocenters. The third-order valence-electron chi connectivity index (χ3n) is 2.04. The lowest BCUT2D eigenvalue weighted by Crippen LogP contribution is -1.98. The maximum absolute atomic E-state index is 13.1. The minimum atomic E-state index is -0.946. The fourth-order valence-electron chi connectivity index (χ4n) is 1.37. The Kier molecular flexibility index (Phi) is 2.48. The van der Waals surface area contributed by atoms with Gasteiger partial charge in [0.05, 0.1) is 17.2 Å². The number of halogens is 2. The van der Waals surface area contributed by atoms with Crippen molar-refractivity contribution >= 4 is 32.9 Å². The zero-order chi connectivity index (χ0) is 11.0. The summed E-state index contributed by atoms with van der Waals surface area (Å²) in [6.07, 6.45) is 1.20. The van der Waals surface area contributed by atoms with Gasteiger partial charge in [-0.1, -0.05) is 0 Å². The molecule has 2 rings (SSSR count). The van der Waals surface area contributed by atoms with Crippen LogP contribution in [0.3, 0.4) is 0 Å². The highest BCUT2D eigenvalue weighted by molar-refractivity contribution is 9.10. The molecule has 0 aliphatic heterocycles. The molecule has 0 saturated heterocycles. The van der Waals surface area contributed by atoms with Gasteiger partial charge in [0.25, 0.3) is 0 Å². The highest BCUT2D eigenvalue weighted by atomic mass is 79.9. The number of aliphatic carboxylic acids is 1. The number of hydrogen-bond acceptors (Lipinski definition) is 2. The van der Waals surface area contributed by atoms with E-state index in [2.05, 4.69) is 15.9 Å². The van der Waals surface area contributed by atoms with E-state index in [-0.39, 0.29) is 6.42 Å². The minimum absolute atomic E-state index is 0.134. The summed E-state index contributed by atoms with van der Waals surface area (Å²) >= 11 is 3.04. The zero-order valence-corrected chi connectivity index (χ0v) is 9.04. The van der Waals surface area contributed by atoms with Gasteiger partial charge in [0, 0.05) is 17.0 Å². The summed E-state index contributed by atoms with van der Waals surface area (Å²) in [5.41, 5.74) is 0.894. The Morgan fingerprint density at radius 3 is 2.93 bits per heavy atom. The Hall–Kier alpha value is -1.36. The van der Waals surface area contributed by atoms with Crippen LogP contribution in [-0.2, 0) is 11.2 Å². The number of carboxylic acids is 1. The van der Waals surface area contributed by atoms with Crippen molar-refractivity contribution < 1.29 is 18.7 Å². The third-order valence-corrected chi connectivity index (χ3v) is 2.65. The molecule has 0 bridgehead atoms. The van der Waals surface area contributed by atoms with Gasteiger partial charge in [-0.25, -0.2) is 4.39 Å². The van der Waals surface area contributed by atoms with Crippen molar-refractivity contribution in [3.63, 3.8) is 0 Å². The normalized spacial score (nSPS) is 10.8. The van der Waals surface area contributed by atoms with Crippen LogP contribution in [0.15, 0.2) is 27.3 Å². The van der Waals surface area contributed by atoms with Crippen LogP contribution >= 0.6 is 15.9 Å². The van der Waals surface area contributed by atoms with E-state index in [1.807, 2.05) is 0 Å². The molecule has 0 amide bonds. The number of hydrogen-bond donors (Lipinski definition) is 1. The number of fused-ring (bicyclic) bond motifs is 1. The van der Waals surface area contributed by atoms with E-state index in [1.165, 1.54) is 18.4 Å². The average Bonchev–Trinajstić information content (AvgIpc) is 2.49. The molecule has 0 unspecified atom stereocenters. The quantitative estimate of drug-likeness (QED) is 0.915. The SMILES string of the molecule is O=C(O)Cc1coc2cc(F)c(Br)cc12. The molecule has 0 fully saturated rings. The van der Waals surface area contributed by atoms with Crippen molar-refractivity contribution in [1.29, 1.82) is 0 Å². The predicted molar refractivity (Wildman–Crippen MR) is 55.2 cm³/mol.